The van der Waals surface area contributed by atoms with Gasteiger partial charge in [-0.15, -0.1) is 0 Å². The van der Waals surface area contributed by atoms with Crippen molar-refractivity contribution in [2.45, 2.75) is 51.6 Å². The number of sulfonamides is 1. The molecule has 1 N–H and O–H groups in total. The summed E-state index contributed by atoms with van der Waals surface area (Å²) in [6.07, 6.45) is 0.184. The van der Waals surface area contributed by atoms with Gasteiger partial charge in [0.2, 0.25) is 11.8 Å². The Hall–Kier alpha value is -4.25. The maximum Gasteiger partial charge on any atom is 0.264 e. The summed E-state index contributed by atoms with van der Waals surface area (Å²) in [5.74, 6) is -0.241. The summed E-state index contributed by atoms with van der Waals surface area (Å²) < 4.78 is 40.9. The Labute approximate surface area is 305 Å². The first-order valence-electron chi connectivity index (χ1n) is 16.1. The second-order valence-electron chi connectivity index (χ2n) is 12.5. The Morgan fingerprint density at radius 1 is 0.800 bits per heavy atom. The van der Waals surface area contributed by atoms with Crippen LogP contribution in [0.5, 0.6) is 11.5 Å². The van der Waals surface area contributed by atoms with Crippen LogP contribution in [-0.4, -0.2) is 58.5 Å². The van der Waals surface area contributed by atoms with Gasteiger partial charge in [-0.3, -0.25) is 13.9 Å². The van der Waals surface area contributed by atoms with Crippen LogP contribution >= 0.6 is 23.2 Å². The van der Waals surface area contributed by atoms with E-state index in [1.807, 2.05) is 64.1 Å². The Bertz CT molecular complexity index is 1900. The monoisotopic (exact) mass is 739 g/mol. The van der Waals surface area contributed by atoms with E-state index in [0.717, 1.165) is 21.0 Å². The molecule has 266 valence electrons. The Balaban J connectivity index is 1.86. The second kappa shape index (κ2) is 17.1. The predicted octanol–water partition coefficient (Wildman–Crippen LogP) is 7.24. The minimum absolute atomic E-state index is 0.0422. The van der Waals surface area contributed by atoms with Gasteiger partial charge >= 0.3 is 0 Å². The number of nitrogens with zero attached hydrogens (tertiary/aromatic N) is 2. The lowest BCUT2D eigenvalue weighted by Crippen LogP contribution is -2.53. The van der Waals surface area contributed by atoms with Gasteiger partial charge in [-0.1, -0.05) is 79.5 Å². The molecule has 9 nitrogen and oxygen atoms in total. The SMILES string of the molecule is COc1ccc(S(=O)(=O)N(CC(=O)N(Cc2ccc(Cl)c(Cl)c2)[C@@H](Cc2ccccc2)C(=O)NCC(C)C)c2cc(C)cc(C)c2)cc1OC. The minimum Gasteiger partial charge on any atom is -0.493 e. The van der Waals surface area contributed by atoms with Gasteiger partial charge in [-0.05, 0) is 78.4 Å². The largest absolute Gasteiger partial charge is 0.493 e. The molecular weight excluding hydrogens is 697 g/mol. The minimum atomic E-state index is -4.37. The number of anilines is 1. The molecular formula is C38H43Cl2N3O6S. The predicted molar refractivity (Wildman–Crippen MR) is 199 cm³/mol. The van der Waals surface area contributed by atoms with Crippen molar-refractivity contribution in [2.24, 2.45) is 5.92 Å². The highest BCUT2D eigenvalue weighted by Gasteiger charge is 2.35. The molecule has 0 unspecified atom stereocenters. The van der Waals surface area contributed by atoms with Crippen molar-refractivity contribution in [3.63, 3.8) is 0 Å². The second-order valence-corrected chi connectivity index (χ2v) is 15.2. The fraction of sp³-hybridized carbons (Fsp3) is 0.316. The van der Waals surface area contributed by atoms with Crippen molar-refractivity contribution >= 4 is 50.7 Å². The number of rotatable bonds is 15. The van der Waals surface area contributed by atoms with E-state index in [0.29, 0.717) is 28.6 Å². The first-order valence-corrected chi connectivity index (χ1v) is 18.3. The molecule has 0 heterocycles. The molecule has 0 spiro atoms. The van der Waals surface area contributed by atoms with Gasteiger partial charge in [0.25, 0.3) is 10.0 Å². The summed E-state index contributed by atoms with van der Waals surface area (Å²) in [6, 6.07) is 22.9. The fourth-order valence-corrected chi connectivity index (χ4v) is 7.27. The van der Waals surface area contributed by atoms with Crippen LogP contribution < -0.4 is 19.1 Å². The summed E-state index contributed by atoms with van der Waals surface area (Å²) >= 11 is 12.6. The van der Waals surface area contributed by atoms with Crippen molar-refractivity contribution in [1.82, 2.24) is 10.2 Å². The van der Waals surface area contributed by atoms with E-state index in [2.05, 4.69) is 5.32 Å². The average Bonchev–Trinajstić information content (AvgIpc) is 3.08. The number of hydrogen-bond acceptors (Lipinski definition) is 6. The molecule has 2 amide bonds. The lowest BCUT2D eigenvalue weighted by Gasteiger charge is -2.34. The van der Waals surface area contributed by atoms with Crippen LogP contribution in [0.4, 0.5) is 5.69 Å². The molecule has 50 heavy (non-hydrogen) atoms. The topological polar surface area (TPSA) is 105 Å². The van der Waals surface area contributed by atoms with Gasteiger partial charge < -0.3 is 19.7 Å². The third-order valence-electron chi connectivity index (χ3n) is 8.01. The number of halogens is 2. The Morgan fingerprint density at radius 2 is 1.46 bits per heavy atom. The number of hydrogen-bond donors (Lipinski definition) is 1. The number of nitrogens with one attached hydrogen (secondary N) is 1. The summed E-state index contributed by atoms with van der Waals surface area (Å²) in [7, 11) is -1.50. The zero-order chi connectivity index (χ0) is 36.6. The van der Waals surface area contributed by atoms with Crippen molar-refractivity contribution in [3.05, 3.63) is 117 Å². The molecule has 4 aromatic rings. The molecule has 0 fully saturated rings. The number of methoxy groups -OCH3 is 2. The Kier molecular flexibility index (Phi) is 13.2. The third-order valence-corrected chi connectivity index (χ3v) is 10.5. The average molecular weight is 741 g/mol. The molecule has 4 rings (SSSR count). The highest BCUT2D eigenvalue weighted by atomic mass is 35.5. The van der Waals surface area contributed by atoms with Gasteiger partial charge in [0.1, 0.15) is 12.6 Å². The van der Waals surface area contributed by atoms with Crippen LogP contribution in [0.1, 0.15) is 36.1 Å². The molecule has 12 heteroatoms. The summed E-state index contributed by atoms with van der Waals surface area (Å²) in [5, 5.41) is 3.61. The standard InChI is InChI=1S/C38H43Cl2N3O6S/c1-25(2)22-41-38(45)34(20-28-10-8-7-9-11-28)42(23-29-12-14-32(39)33(40)19-29)37(44)24-43(30-17-26(3)16-27(4)18-30)50(46,47)31-13-15-35(48-5)36(21-31)49-6/h7-19,21,25,34H,20,22-24H2,1-6H3,(H,41,45)/t34-/m0/s1. The van der Waals surface area contributed by atoms with Gasteiger partial charge in [0.05, 0.1) is 34.8 Å². The molecule has 0 bridgehead atoms. The molecule has 0 saturated carbocycles. The van der Waals surface area contributed by atoms with E-state index in [1.165, 1.54) is 37.3 Å². The zero-order valence-corrected chi connectivity index (χ0v) is 31.4. The van der Waals surface area contributed by atoms with Crippen LogP contribution in [0, 0.1) is 19.8 Å². The van der Waals surface area contributed by atoms with Crippen molar-refractivity contribution < 1.29 is 27.5 Å². The molecule has 0 aliphatic rings. The van der Waals surface area contributed by atoms with E-state index < -0.39 is 28.5 Å². The van der Waals surface area contributed by atoms with Gasteiger partial charge in [-0.2, -0.15) is 0 Å². The van der Waals surface area contributed by atoms with Gasteiger partial charge in [0.15, 0.2) is 11.5 Å². The van der Waals surface area contributed by atoms with E-state index in [-0.39, 0.29) is 40.5 Å². The van der Waals surface area contributed by atoms with Crippen LogP contribution in [-0.2, 0) is 32.6 Å². The van der Waals surface area contributed by atoms with Crippen LogP contribution in [0.25, 0.3) is 0 Å². The highest BCUT2D eigenvalue weighted by Crippen LogP contribution is 2.33. The number of carbonyl (C=O) groups excluding carboxylic acids is 2. The molecule has 0 radical (unpaired) electrons. The van der Waals surface area contributed by atoms with Crippen molar-refractivity contribution in [2.75, 3.05) is 31.6 Å². The lowest BCUT2D eigenvalue weighted by molar-refractivity contribution is -0.140. The summed E-state index contributed by atoms with van der Waals surface area (Å²) in [4.78, 5) is 30.1. The number of ether oxygens (including phenoxy) is 2. The maximum atomic E-state index is 14.8. The first-order chi connectivity index (χ1) is 23.7. The molecule has 4 aromatic carbocycles. The van der Waals surface area contributed by atoms with Crippen molar-refractivity contribution in [1.29, 1.82) is 0 Å². The van der Waals surface area contributed by atoms with E-state index in [1.54, 1.807) is 30.3 Å². The normalized spacial score (nSPS) is 11.9. The zero-order valence-electron chi connectivity index (χ0n) is 29.1. The van der Waals surface area contributed by atoms with E-state index in [9.17, 15) is 18.0 Å². The molecule has 0 aromatic heterocycles. The third kappa shape index (κ3) is 9.71. The summed E-state index contributed by atoms with van der Waals surface area (Å²) in [6.45, 7) is 7.40. The van der Waals surface area contributed by atoms with E-state index >= 15 is 0 Å². The number of carbonyl (C=O) groups is 2. The van der Waals surface area contributed by atoms with Crippen LogP contribution in [0.2, 0.25) is 10.0 Å². The van der Waals surface area contributed by atoms with Crippen LogP contribution in [0.15, 0.2) is 89.8 Å². The first kappa shape index (κ1) is 38.6. The fourth-order valence-electron chi connectivity index (χ4n) is 5.54. The van der Waals surface area contributed by atoms with Gasteiger partial charge in [-0.25, -0.2) is 8.42 Å². The molecule has 0 saturated heterocycles. The van der Waals surface area contributed by atoms with E-state index in [4.69, 9.17) is 32.7 Å². The van der Waals surface area contributed by atoms with Crippen LogP contribution in [0.3, 0.4) is 0 Å². The quantitative estimate of drug-likeness (QED) is 0.138. The molecule has 0 aliphatic heterocycles. The highest BCUT2D eigenvalue weighted by molar-refractivity contribution is 7.92. The number of benzene rings is 4. The Morgan fingerprint density at radius 3 is 2.06 bits per heavy atom. The lowest BCUT2D eigenvalue weighted by atomic mass is 10.0. The van der Waals surface area contributed by atoms with Gasteiger partial charge in [0, 0.05) is 25.6 Å². The number of aryl methyl sites for hydroxylation is 2. The molecule has 0 aliphatic carbocycles. The summed E-state index contributed by atoms with van der Waals surface area (Å²) in [5.41, 5.74) is 3.35. The molecule has 1 atom stereocenters. The maximum absolute atomic E-state index is 14.8. The smallest absolute Gasteiger partial charge is 0.264 e. The number of amides is 2. The van der Waals surface area contributed by atoms with Crippen molar-refractivity contribution in [3.8, 4) is 11.5 Å².